The number of carbonyl (C=O) groups is 1. The number of H-pyrrole nitrogens is 1. The van der Waals surface area contributed by atoms with E-state index in [2.05, 4.69) is 19.9 Å². The summed E-state index contributed by atoms with van der Waals surface area (Å²) in [4.78, 5) is 15.7. The maximum absolute atomic E-state index is 12.3. The highest BCUT2D eigenvalue weighted by molar-refractivity contribution is 7.89. The van der Waals surface area contributed by atoms with Crippen molar-refractivity contribution >= 4 is 27.3 Å². The predicted octanol–water partition coefficient (Wildman–Crippen LogP) is 1.08. The van der Waals surface area contributed by atoms with Crippen molar-refractivity contribution < 1.29 is 17.9 Å². The van der Waals surface area contributed by atoms with E-state index in [9.17, 15) is 13.2 Å². The molecule has 1 atom stereocenters. The Morgan fingerprint density at radius 3 is 2.95 bits per heavy atom. The van der Waals surface area contributed by atoms with Gasteiger partial charge in [-0.15, -0.1) is 11.3 Å². The summed E-state index contributed by atoms with van der Waals surface area (Å²) in [5.41, 5.74) is -0.129. The summed E-state index contributed by atoms with van der Waals surface area (Å²) in [6, 6.07) is -0.520. The summed E-state index contributed by atoms with van der Waals surface area (Å²) < 4.78 is 31.9. The van der Waals surface area contributed by atoms with E-state index >= 15 is 0 Å². The van der Waals surface area contributed by atoms with Gasteiger partial charge in [0, 0.05) is 11.6 Å². The Hall–Kier alpha value is -1.78. The van der Waals surface area contributed by atoms with Crippen LogP contribution in [0.4, 0.5) is 0 Å². The quantitative estimate of drug-likeness (QED) is 0.766. The van der Waals surface area contributed by atoms with Crippen molar-refractivity contribution in [1.82, 2.24) is 19.9 Å². The Morgan fingerprint density at radius 1 is 1.57 bits per heavy atom. The zero-order valence-corrected chi connectivity index (χ0v) is 13.0. The van der Waals surface area contributed by atoms with E-state index in [1.54, 1.807) is 25.4 Å². The van der Waals surface area contributed by atoms with Gasteiger partial charge >= 0.3 is 5.97 Å². The van der Waals surface area contributed by atoms with Crippen molar-refractivity contribution in [2.75, 3.05) is 6.61 Å². The number of ether oxygens (including phenoxy) is 1. The number of esters is 1. The number of nitrogens with one attached hydrogen (secondary N) is 2. The topological polar surface area (TPSA) is 114 Å². The first-order valence-corrected chi connectivity index (χ1v) is 8.44. The van der Waals surface area contributed by atoms with Crippen LogP contribution in [0.25, 0.3) is 0 Å². The van der Waals surface area contributed by atoms with Gasteiger partial charge in [-0.1, -0.05) is 0 Å². The maximum atomic E-state index is 12.3. The van der Waals surface area contributed by atoms with Gasteiger partial charge in [-0.2, -0.15) is 5.10 Å². The number of hydrogen-bond acceptors (Lipinski definition) is 7. The molecular weight excluding hydrogens is 316 g/mol. The smallest absolute Gasteiger partial charge is 0.342 e. The van der Waals surface area contributed by atoms with E-state index in [4.69, 9.17) is 4.74 Å². The van der Waals surface area contributed by atoms with Crippen molar-refractivity contribution in [2.24, 2.45) is 0 Å². The van der Waals surface area contributed by atoms with Gasteiger partial charge in [-0.05, 0) is 13.8 Å². The van der Waals surface area contributed by atoms with E-state index in [-0.39, 0.29) is 17.2 Å². The molecule has 8 nitrogen and oxygen atoms in total. The first-order chi connectivity index (χ1) is 9.95. The Labute approximate surface area is 125 Å². The zero-order chi connectivity index (χ0) is 15.5. The van der Waals surface area contributed by atoms with Crippen molar-refractivity contribution in [2.45, 2.75) is 24.9 Å². The summed E-state index contributed by atoms with van der Waals surface area (Å²) in [6.45, 7) is 3.44. The fraction of sp³-hybridized carbons (Fsp3) is 0.364. The molecule has 1 unspecified atom stereocenters. The average molecular weight is 330 g/mol. The third-order valence-electron chi connectivity index (χ3n) is 2.52. The standard InChI is InChI=1S/C11H14N4O4S2/c1-3-19-11(16)8-6-13-14-10(8)21(17,18)15-7(2)9-12-4-5-20-9/h4-7,15H,3H2,1-2H3,(H,13,14). The van der Waals surface area contributed by atoms with Crippen LogP contribution in [0.15, 0.2) is 22.8 Å². The van der Waals surface area contributed by atoms with Gasteiger partial charge < -0.3 is 4.74 Å². The van der Waals surface area contributed by atoms with Gasteiger partial charge in [0.15, 0.2) is 5.03 Å². The van der Waals surface area contributed by atoms with Crippen molar-refractivity contribution in [3.8, 4) is 0 Å². The van der Waals surface area contributed by atoms with Crippen LogP contribution in [-0.4, -0.2) is 36.2 Å². The van der Waals surface area contributed by atoms with Gasteiger partial charge in [0.1, 0.15) is 10.6 Å². The van der Waals surface area contributed by atoms with Crippen LogP contribution in [0, 0.1) is 0 Å². The fourth-order valence-electron chi connectivity index (χ4n) is 1.62. The lowest BCUT2D eigenvalue weighted by molar-refractivity contribution is 0.0522. The maximum Gasteiger partial charge on any atom is 0.342 e. The lowest BCUT2D eigenvalue weighted by atomic mass is 10.4. The van der Waals surface area contributed by atoms with E-state index < -0.39 is 22.0 Å². The van der Waals surface area contributed by atoms with Crippen LogP contribution in [0.3, 0.4) is 0 Å². The molecule has 0 saturated carbocycles. The molecule has 21 heavy (non-hydrogen) atoms. The number of aromatic amines is 1. The zero-order valence-electron chi connectivity index (χ0n) is 11.4. The number of nitrogens with zero attached hydrogens (tertiary/aromatic N) is 2. The number of sulfonamides is 1. The van der Waals surface area contributed by atoms with E-state index in [1.165, 1.54) is 11.3 Å². The molecule has 0 aromatic carbocycles. The molecule has 10 heteroatoms. The highest BCUT2D eigenvalue weighted by atomic mass is 32.2. The molecule has 2 heterocycles. The monoisotopic (exact) mass is 330 g/mol. The molecule has 114 valence electrons. The number of carbonyl (C=O) groups excluding carboxylic acids is 1. The average Bonchev–Trinajstić information content (AvgIpc) is 3.10. The number of hydrogen-bond donors (Lipinski definition) is 2. The second-order valence-electron chi connectivity index (χ2n) is 4.05. The molecule has 0 radical (unpaired) electrons. The SMILES string of the molecule is CCOC(=O)c1cn[nH]c1S(=O)(=O)NC(C)c1nccs1. The van der Waals surface area contributed by atoms with Gasteiger partial charge in [-0.25, -0.2) is 22.9 Å². The van der Waals surface area contributed by atoms with Crippen LogP contribution in [0.1, 0.15) is 35.3 Å². The van der Waals surface area contributed by atoms with Crippen molar-refractivity contribution in [3.63, 3.8) is 0 Å². The minimum absolute atomic E-state index is 0.129. The van der Waals surface area contributed by atoms with Crippen LogP contribution >= 0.6 is 11.3 Å². The number of aromatic nitrogens is 3. The van der Waals surface area contributed by atoms with Gasteiger partial charge in [0.05, 0.1) is 18.8 Å². The molecule has 0 fully saturated rings. The Balaban J connectivity index is 2.24. The lowest BCUT2D eigenvalue weighted by Crippen LogP contribution is -2.28. The van der Waals surface area contributed by atoms with E-state index in [1.807, 2.05) is 0 Å². The van der Waals surface area contributed by atoms with Crippen molar-refractivity contribution in [3.05, 3.63) is 28.3 Å². The summed E-state index contributed by atoms with van der Waals surface area (Å²) >= 11 is 1.33. The lowest BCUT2D eigenvalue weighted by Gasteiger charge is -2.11. The first kappa shape index (κ1) is 15.6. The largest absolute Gasteiger partial charge is 0.462 e. The summed E-state index contributed by atoms with van der Waals surface area (Å²) in [6.07, 6.45) is 2.71. The molecule has 2 N–H and O–H groups in total. The van der Waals surface area contributed by atoms with Gasteiger partial charge in [0.25, 0.3) is 10.0 Å². The van der Waals surface area contributed by atoms with Crippen LogP contribution in [0.2, 0.25) is 0 Å². The molecule has 0 bridgehead atoms. The van der Waals surface area contributed by atoms with Crippen LogP contribution < -0.4 is 4.72 Å². The molecule has 2 rings (SSSR count). The van der Waals surface area contributed by atoms with E-state index in [0.717, 1.165) is 6.20 Å². The Kier molecular flexibility index (Phi) is 4.70. The molecule has 0 saturated heterocycles. The summed E-state index contributed by atoms with van der Waals surface area (Å²) in [7, 11) is -3.94. The molecule has 0 aliphatic carbocycles. The third kappa shape index (κ3) is 3.46. The molecule has 0 spiro atoms. The molecule has 2 aromatic rings. The highest BCUT2D eigenvalue weighted by Crippen LogP contribution is 2.19. The summed E-state index contributed by atoms with van der Waals surface area (Å²) in [5.74, 6) is -0.742. The Bertz CT molecular complexity index is 708. The minimum Gasteiger partial charge on any atom is -0.462 e. The highest BCUT2D eigenvalue weighted by Gasteiger charge is 2.28. The van der Waals surface area contributed by atoms with Crippen LogP contribution in [-0.2, 0) is 14.8 Å². The number of thiazole rings is 1. The van der Waals surface area contributed by atoms with Gasteiger partial charge in [-0.3, -0.25) is 5.10 Å². The minimum atomic E-state index is -3.94. The normalized spacial score (nSPS) is 13.0. The van der Waals surface area contributed by atoms with E-state index in [0.29, 0.717) is 5.01 Å². The second-order valence-corrected chi connectivity index (χ2v) is 6.62. The molecule has 2 aromatic heterocycles. The summed E-state index contributed by atoms with van der Waals surface area (Å²) in [5, 5.41) is 7.98. The molecule has 0 amide bonds. The first-order valence-electron chi connectivity index (χ1n) is 6.08. The van der Waals surface area contributed by atoms with Crippen molar-refractivity contribution in [1.29, 1.82) is 0 Å². The fourth-order valence-corrected chi connectivity index (χ4v) is 3.64. The molecular formula is C11H14N4O4S2. The Morgan fingerprint density at radius 2 is 2.33 bits per heavy atom. The van der Waals surface area contributed by atoms with Gasteiger partial charge in [0.2, 0.25) is 0 Å². The molecule has 0 aliphatic heterocycles. The third-order valence-corrected chi connectivity index (χ3v) is 4.99. The predicted molar refractivity (Wildman–Crippen MR) is 75.4 cm³/mol. The molecule has 0 aliphatic rings. The number of rotatable bonds is 6. The second kappa shape index (κ2) is 6.33. The van der Waals surface area contributed by atoms with Crippen LogP contribution in [0.5, 0.6) is 0 Å².